The van der Waals surface area contributed by atoms with Gasteiger partial charge in [-0.05, 0) is 6.42 Å². The van der Waals surface area contributed by atoms with E-state index >= 15 is 0 Å². The fourth-order valence-electron chi connectivity index (χ4n) is 1.83. The summed E-state index contributed by atoms with van der Waals surface area (Å²) in [5, 5.41) is 6.32. The Bertz CT molecular complexity index is 388. The first kappa shape index (κ1) is 10.7. The average molecular weight is 223 g/mol. The molecule has 2 amide bonds. The number of nitrogens with zero attached hydrogens (tertiary/aromatic N) is 2. The van der Waals surface area contributed by atoms with Gasteiger partial charge in [0, 0.05) is 19.2 Å². The van der Waals surface area contributed by atoms with Crippen LogP contribution in [0, 0.1) is 0 Å². The van der Waals surface area contributed by atoms with E-state index in [1.807, 2.05) is 6.92 Å². The molecule has 0 spiro atoms. The zero-order valence-electron chi connectivity index (χ0n) is 8.97. The van der Waals surface area contributed by atoms with Crippen molar-refractivity contribution in [2.45, 2.75) is 19.4 Å². The first-order valence-electron chi connectivity index (χ1n) is 5.23. The molecule has 1 aromatic heterocycles. The van der Waals surface area contributed by atoms with Gasteiger partial charge in [0.05, 0.1) is 0 Å². The molecule has 0 bridgehead atoms. The first-order chi connectivity index (χ1) is 7.74. The summed E-state index contributed by atoms with van der Waals surface area (Å²) in [6, 6.07) is 1.10. The van der Waals surface area contributed by atoms with Crippen molar-refractivity contribution in [3.05, 3.63) is 18.0 Å². The number of hydrogen-bond donors (Lipinski definition) is 1. The number of aromatic nitrogens is 1. The van der Waals surface area contributed by atoms with Gasteiger partial charge < -0.3 is 14.7 Å². The van der Waals surface area contributed by atoms with Gasteiger partial charge in [-0.3, -0.25) is 9.59 Å². The Kier molecular flexibility index (Phi) is 2.89. The molecule has 0 saturated carbocycles. The standard InChI is InChI=1S/C10H13N3O3/c1-2-8-9(14)11-4-5-13(8)10(15)7-3-6-16-12-7/h3,6,8H,2,4-5H2,1H3,(H,11,14). The van der Waals surface area contributed by atoms with Crippen LogP contribution in [0.15, 0.2) is 16.9 Å². The normalized spacial score (nSPS) is 20.7. The number of rotatable bonds is 2. The Hall–Kier alpha value is -1.85. The molecule has 1 aliphatic rings. The Balaban J connectivity index is 2.18. The van der Waals surface area contributed by atoms with Crippen LogP contribution in [0.4, 0.5) is 0 Å². The molecule has 1 saturated heterocycles. The third-order valence-corrected chi connectivity index (χ3v) is 2.64. The molecule has 1 N–H and O–H groups in total. The predicted octanol–water partition coefficient (Wildman–Crippen LogP) is 0.0252. The Morgan fingerprint density at radius 2 is 2.56 bits per heavy atom. The van der Waals surface area contributed by atoms with Crippen LogP contribution in [-0.4, -0.2) is 41.0 Å². The number of hydrogen-bond acceptors (Lipinski definition) is 4. The van der Waals surface area contributed by atoms with E-state index in [0.29, 0.717) is 19.5 Å². The lowest BCUT2D eigenvalue weighted by molar-refractivity contribution is -0.127. The topological polar surface area (TPSA) is 75.4 Å². The van der Waals surface area contributed by atoms with E-state index < -0.39 is 6.04 Å². The molecule has 16 heavy (non-hydrogen) atoms. The lowest BCUT2D eigenvalue weighted by Gasteiger charge is -2.33. The molecule has 6 heteroatoms. The predicted molar refractivity (Wildman–Crippen MR) is 54.6 cm³/mol. The molecule has 6 nitrogen and oxygen atoms in total. The summed E-state index contributed by atoms with van der Waals surface area (Å²) in [4.78, 5) is 25.1. The summed E-state index contributed by atoms with van der Waals surface area (Å²) in [6.07, 6.45) is 1.94. The van der Waals surface area contributed by atoms with Gasteiger partial charge in [-0.2, -0.15) is 0 Å². The summed E-state index contributed by atoms with van der Waals surface area (Å²) in [5.41, 5.74) is 0.244. The maximum absolute atomic E-state index is 12.0. The van der Waals surface area contributed by atoms with Gasteiger partial charge in [0.2, 0.25) is 5.91 Å². The van der Waals surface area contributed by atoms with Crippen molar-refractivity contribution in [1.29, 1.82) is 0 Å². The van der Waals surface area contributed by atoms with Crippen LogP contribution < -0.4 is 5.32 Å². The first-order valence-corrected chi connectivity index (χ1v) is 5.23. The maximum atomic E-state index is 12.0. The highest BCUT2D eigenvalue weighted by atomic mass is 16.5. The lowest BCUT2D eigenvalue weighted by atomic mass is 10.1. The van der Waals surface area contributed by atoms with Crippen LogP contribution in [0.3, 0.4) is 0 Å². The van der Waals surface area contributed by atoms with Crippen LogP contribution in [-0.2, 0) is 4.79 Å². The van der Waals surface area contributed by atoms with Crippen molar-refractivity contribution in [2.75, 3.05) is 13.1 Å². The molecular weight excluding hydrogens is 210 g/mol. The maximum Gasteiger partial charge on any atom is 0.276 e. The van der Waals surface area contributed by atoms with Gasteiger partial charge >= 0.3 is 0 Å². The zero-order valence-corrected chi connectivity index (χ0v) is 8.97. The van der Waals surface area contributed by atoms with Crippen LogP contribution in [0.5, 0.6) is 0 Å². The van der Waals surface area contributed by atoms with Gasteiger partial charge in [0.1, 0.15) is 12.3 Å². The van der Waals surface area contributed by atoms with Crippen molar-refractivity contribution < 1.29 is 14.1 Å². The average Bonchev–Trinajstić information content (AvgIpc) is 2.81. The molecule has 0 radical (unpaired) electrons. The number of piperazine rings is 1. The highest BCUT2D eigenvalue weighted by Crippen LogP contribution is 2.12. The summed E-state index contributed by atoms with van der Waals surface area (Å²) < 4.78 is 4.62. The molecule has 86 valence electrons. The summed E-state index contributed by atoms with van der Waals surface area (Å²) >= 11 is 0. The summed E-state index contributed by atoms with van der Waals surface area (Å²) in [6.45, 7) is 2.87. The second-order valence-corrected chi connectivity index (χ2v) is 3.60. The van der Waals surface area contributed by atoms with Crippen molar-refractivity contribution in [2.24, 2.45) is 0 Å². The highest BCUT2D eigenvalue weighted by molar-refractivity contribution is 5.96. The van der Waals surface area contributed by atoms with Gasteiger partial charge in [-0.25, -0.2) is 0 Å². The van der Waals surface area contributed by atoms with Gasteiger partial charge in [-0.1, -0.05) is 12.1 Å². The lowest BCUT2D eigenvalue weighted by Crippen LogP contribution is -2.56. The Morgan fingerprint density at radius 1 is 1.75 bits per heavy atom. The van der Waals surface area contributed by atoms with Crippen molar-refractivity contribution in [3.63, 3.8) is 0 Å². The Labute approximate surface area is 92.6 Å². The van der Waals surface area contributed by atoms with Crippen molar-refractivity contribution >= 4 is 11.8 Å². The van der Waals surface area contributed by atoms with Crippen molar-refractivity contribution in [3.8, 4) is 0 Å². The molecular formula is C10H13N3O3. The largest absolute Gasteiger partial charge is 0.364 e. The fraction of sp³-hybridized carbons (Fsp3) is 0.500. The van der Waals surface area contributed by atoms with E-state index in [1.54, 1.807) is 0 Å². The molecule has 0 aliphatic carbocycles. The molecule has 0 aromatic carbocycles. The number of carbonyl (C=O) groups is 2. The van der Waals surface area contributed by atoms with Crippen LogP contribution in [0.25, 0.3) is 0 Å². The minimum Gasteiger partial charge on any atom is -0.364 e. The van der Waals surface area contributed by atoms with Crippen LogP contribution in [0.1, 0.15) is 23.8 Å². The van der Waals surface area contributed by atoms with E-state index in [2.05, 4.69) is 15.0 Å². The third-order valence-electron chi connectivity index (χ3n) is 2.64. The molecule has 1 fully saturated rings. The van der Waals surface area contributed by atoms with E-state index in [9.17, 15) is 9.59 Å². The number of nitrogens with one attached hydrogen (secondary N) is 1. The van der Waals surface area contributed by atoms with Crippen LogP contribution in [0.2, 0.25) is 0 Å². The molecule has 1 unspecified atom stereocenters. The van der Waals surface area contributed by atoms with E-state index in [1.165, 1.54) is 17.2 Å². The molecule has 1 aliphatic heterocycles. The quantitative estimate of drug-likeness (QED) is 0.767. The molecule has 1 atom stereocenters. The summed E-state index contributed by atoms with van der Waals surface area (Å²) in [5.74, 6) is -0.360. The minimum absolute atomic E-state index is 0.106. The smallest absolute Gasteiger partial charge is 0.276 e. The van der Waals surface area contributed by atoms with Crippen molar-refractivity contribution in [1.82, 2.24) is 15.4 Å². The number of amides is 2. The molecule has 1 aromatic rings. The highest BCUT2D eigenvalue weighted by Gasteiger charge is 2.32. The number of carbonyl (C=O) groups excluding carboxylic acids is 2. The SMILES string of the molecule is CCC1C(=O)NCCN1C(=O)c1ccon1. The minimum atomic E-state index is -0.405. The van der Waals surface area contributed by atoms with E-state index in [4.69, 9.17) is 0 Å². The third kappa shape index (κ3) is 1.78. The second kappa shape index (κ2) is 4.34. The van der Waals surface area contributed by atoms with Gasteiger partial charge in [-0.15, -0.1) is 0 Å². The summed E-state index contributed by atoms with van der Waals surface area (Å²) in [7, 11) is 0. The zero-order chi connectivity index (χ0) is 11.5. The molecule has 2 heterocycles. The van der Waals surface area contributed by atoms with Crippen LogP contribution >= 0.6 is 0 Å². The van der Waals surface area contributed by atoms with E-state index in [0.717, 1.165) is 0 Å². The Morgan fingerprint density at radius 3 is 3.19 bits per heavy atom. The van der Waals surface area contributed by atoms with E-state index in [-0.39, 0.29) is 17.5 Å². The van der Waals surface area contributed by atoms with Gasteiger partial charge in [0.25, 0.3) is 5.91 Å². The fourth-order valence-corrected chi connectivity index (χ4v) is 1.83. The van der Waals surface area contributed by atoms with Gasteiger partial charge in [0.15, 0.2) is 5.69 Å². The second-order valence-electron chi connectivity index (χ2n) is 3.60. The monoisotopic (exact) mass is 223 g/mol. The molecule has 2 rings (SSSR count).